The molecule has 0 bridgehead atoms. The number of carbonyl (C=O) groups is 1. The van der Waals surface area contributed by atoms with Crippen LogP contribution < -0.4 is 5.32 Å². The van der Waals surface area contributed by atoms with Gasteiger partial charge in [-0.25, -0.2) is 4.79 Å². The third kappa shape index (κ3) is 4.43. The molecule has 0 radical (unpaired) electrons. The summed E-state index contributed by atoms with van der Waals surface area (Å²) in [4.78, 5) is 12.1. The van der Waals surface area contributed by atoms with Crippen molar-refractivity contribution in [2.75, 3.05) is 6.61 Å². The summed E-state index contributed by atoms with van der Waals surface area (Å²) >= 11 is 0. The van der Waals surface area contributed by atoms with Crippen molar-refractivity contribution in [3.8, 4) is 0 Å². The highest BCUT2D eigenvalue weighted by Gasteiger charge is 2.24. The van der Waals surface area contributed by atoms with E-state index in [-0.39, 0.29) is 18.1 Å². The molecule has 0 saturated carbocycles. The lowest BCUT2D eigenvalue weighted by Gasteiger charge is -2.24. The van der Waals surface area contributed by atoms with Gasteiger partial charge >= 0.3 is 5.97 Å². The molecule has 114 valence electrons. The predicted molar refractivity (Wildman–Crippen MR) is 85.0 cm³/mol. The summed E-state index contributed by atoms with van der Waals surface area (Å²) in [5.41, 5.74) is 2.04. The molecular weight excluding hydrogens is 262 g/mol. The molecule has 1 aromatic carbocycles. The lowest BCUT2D eigenvalue weighted by molar-refractivity contribution is -0.138. The van der Waals surface area contributed by atoms with Gasteiger partial charge in [-0.3, -0.25) is 0 Å². The van der Waals surface area contributed by atoms with Gasteiger partial charge in [0.2, 0.25) is 0 Å². The van der Waals surface area contributed by atoms with E-state index in [1.165, 1.54) is 5.56 Å². The van der Waals surface area contributed by atoms with Gasteiger partial charge in [-0.1, -0.05) is 42.8 Å². The van der Waals surface area contributed by atoms with Crippen molar-refractivity contribution in [2.24, 2.45) is 0 Å². The molecule has 1 aromatic rings. The maximum Gasteiger partial charge on any atom is 0.335 e. The summed E-state index contributed by atoms with van der Waals surface area (Å²) in [6.07, 6.45) is 6.29. The van der Waals surface area contributed by atoms with Crippen LogP contribution in [0.3, 0.4) is 0 Å². The second kappa shape index (κ2) is 7.99. The van der Waals surface area contributed by atoms with Crippen LogP contribution >= 0.6 is 0 Å². The molecule has 0 unspecified atom stereocenters. The second-order valence-electron chi connectivity index (χ2n) is 5.52. The van der Waals surface area contributed by atoms with E-state index in [0.717, 1.165) is 31.3 Å². The zero-order valence-electron chi connectivity index (χ0n) is 13.0. The first-order valence-electron chi connectivity index (χ1n) is 7.90. The van der Waals surface area contributed by atoms with Gasteiger partial charge in [-0.05, 0) is 38.7 Å². The summed E-state index contributed by atoms with van der Waals surface area (Å²) in [6, 6.07) is 10.6. The number of hydrogen-bond acceptors (Lipinski definition) is 3. The lowest BCUT2D eigenvalue weighted by Crippen LogP contribution is -2.36. The Hall–Kier alpha value is -1.61. The fourth-order valence-corrected chi connectivity index (χ4v) is 2.80. The second-order valence-corrected chi connectivity index (χ2v) is 5.52. The van der Waals surface area contributed by atoms with E-state index in [9.17, 15) is 4.79 Å². The van der Waals surface area contributed by atoms with E-state index in [1.54, 1.807) is 0 Å². The van der Waals surface area contributed by atoms with Gasteiger partial charge in [0.25, 0.3) is 0 Å². The van der Waals surface area contributed by atoms with E-state index in [4.69, 9.17) is 4.74 Å². The minimum Gasteiger partial charge on any atom is -0.463 e. The zero-order chi connectivity index (χ0) is 15.1. The molecule has 0 heterocycles. The molecule has 0 aliphatic heterocycles. The van der Waals surface area contributed by atoms with Crippen LogP contribution in [0.4, 0.5) is 0 Å². The molecule has 1 aliphatic carbocycles. The van der Waals surface area contributed by atoms with Crippen LogP contribution in [0.1, 0.15) is 51.1 Å². The van der Waals surface area contributed by atoms with E-state index in [0.29, 0.717) is 6.61 Å². The SMILES string of the molecule is CCOC(=O)C1=CCCCC[C@H]1N[C@@H](C)c1ccccc1. The first kappa shape index (κ1) is 15.8. The van der Waals surface area contributed by atoms with Gasteiger partial charge in [0, 0.05) is 12.1 Å². The van der Waals surface area contributed by atoms with E-state index < -0.39 is 0 Å². The van der Waals surface area contributed by atoms with Crippen molar-refractivity contribution in [3.05, 3.63) is 47.5 Å². The number of carbonyl (C=O) groups excluding carboxylic acids is 1. The molecule has 2 rings (SSSR count). The largest absolute Gasteiger partial charge is 0.463 e. The fraction of sp³-hybridized carbons (Fsp3) is 0.500. The van der Waals surface area contributed by atoms with Gasteiger partial charge in [0.05, 0.1) is 12.2 Å². The molecule has 0 amide bonds. The number of hydrogen-bond donors (Lipinski definition) is 1. The first-order valence-corrected chi connectivity index (χ1v) is 7.90. The first-order chi connectivity index (χ1) is 10.2. The predicted octanol–water partition coefficient (Wildman–Crippen LogP) is 3.77. The van der Waals surface area contributed by atoms with Gasteiger partial charge in [0.1, 0.15) is 0 Å². The highest BCUT2D eigenvalue weighted by molar-refractivity contribution is 5.89. The normalized spacial score (nSPS) is 20.3. The Morgan fingerprint density at radius 2 is 2.10 bits per heavy atom. The molecule has 0 fully saturated rings. The average Bonchev–Trinajstić information content (AvgIpc) is 2.74. The molecular formula is C18H25NO2. The average molecular weight is 287 g/mol. The Bertz CT molecular complexity index is 481. The van der Waals surface area contributed by atoms with Crippen LogP contribution in [0.2, 0.25) is 0 Å². The molecule has 21 heavy (non-hydrogen) atoms. The van der Waals surface area contributed by atoms with Gasteiger partial charge in [0.15, 0.2) is 0 Å². The fourth-order valence-electron chi connectivity index (χ4n) is 2.80. The third-order valence-electron chi connectivity index (χ3n) is 3.95. The van der Waals surface area contributed by atoms with Crippen LogP contribution in [0, 0.1) is 0 Å². The Kier molecular flexibility index (Phi) is 6.00. The molecule has 1 N–H and O–H groups in total. The van der Waals surface area contributed by atoms with Crippen LogP contribution in [-0.2, 0) is 9.53 Å². The summed E-state index contributed by atoms with van der Waals surface area (Å²) < 4.78 is 5.21. The molecule has 3 nitrogen and oxygen atoms in total. The Balaban J connectivity index is 2.09. The summed E-state index contributed by atoms with van der Waals surface area (Å²) in [5, 5.41) is 3.60. The molecule has 3 heteroatoms. The maximum atomic E-state index is 12.1. The van der Waals surface area contributed by atoms with Crippen LogP contribution in [0.25, 0.3) is 0 Å². The standard InChI is InChI=1S/C18H25NO2/c1-3-21-18(20)16-12-8-5-9-13-17(16)19-14(2)15-10-6-4-7-11-15/h4,6-7,10-12,14,17,19H,3,5,8-9,13H2,1-2H3/t14-,17+/m0/s1. The maximum absolute atomic E-state index is 12.1. The number of nitrogens with one attached hydrogen (secondary N) is 1. The summed E-state index contributed by atoms with van der Waals surface area (Å²) in [7, 11) is 0. The zero-order valence-corrected chi connectivity index (χ0v) is 13.0. The topological polar surface area (TPSA) is 38.3 Å². The van der Waals surface area contributed by atoms with E-state index >= 15 is 0 Å². The lowest BCUT2D eigenvalue weighted by atomic mass is 10.0. The number of benzene rings is 1. The van der Waals surface area contributed by atoms with E-state index in [1.807, 2.05) is 25.1 Å². The third-order valence-corrected chi connectivity index (χ3v) is 3.95. The highest BCUT2D eigenvalue weighted by atomic mass is 16.5. The number of allylic oxidation sites excluding steroid dienone is 1. The molecule has 0 aromatic heterocycles. The van der Waals surface area contributed by atoms with Crippen molar-refractivity contribution < 1.29 is 9.53 Å². The quantitative estimate of drug-likeness (QED) is 0.838. The number of ether oxygens (including phenoxy) is 1. The number of rotatable bonds is 5. The smallest absolute Gasteiger partial charge is 0.335 e. The van der Waals surface area contributed by atoms with Crippen molar-refractivity contribution in [2.45, 2.75) is 51.6 Å². The van der Waals surface area contributed by atoms with Crippen LogP contribution in [-0.4, -0.2) is 18.6 Å². The van der Waals surface area contributed by atoms with Gasteiger partial charge in [-0.2, -0.15) is 0 Å². The minimum atomic E-state index is -0.169. The van der Waals surface area contributed by atoms with Crippen molar-refractivity contribution in [1.82, 2.24) is 5.32 Å². The highest BCUT2D eigenvalue weighted by Crippen LogP contribution is 2.22. The number of esters is 1. The molecule has 2 atom stereocenters. The van der Waals surface area contributed by atoms with Crippen LogP contribution in [0.15, 0.2) is 42.0 Å². The monoisotopic (exact) mass is 287 g/mol. The Morgan fingerprint density at radius 3 is 2.81 bits per heavy atom. The minimum absolute atomic E-state index is 0.0850. The van der Waals surface area contributed by atoms with Crippen LogP contribution in [0.5, 0.6) is 0 Å². The van der Waals surface area contributed by atoms with Crippen molar-refractivity contribution >= 4 is 5.97 Å². The summed E-state index contributed by atoms with van der Waals surface area (Å²) in [5.74, 6) is -0.169. The molecule has 0 saturated heterocycles. The van der Waals surface area contributed by atoms with Crippen molar-refractivity contribution in [3.63, 3.8) is 0 Å². The Morgan fingerprint density at radius 1 is 1.33 bits per heavy atom. The van der Waals surface area contributed by atoms with E-state index in [2.05, 4.69) is 30.4 Å². The van der Waals surface area contributed by atoms with Gasteiger partial charge < -0.3 is 10.1 Å². The van der Waals surface area contributed by atoms with Crippen molar-refractivity contribution in [1.29, 1.82) is 0 Å². The molecule has 0 spiro atoms. The summed E-state index contributed by atoms with van der Waals surface area (Å²) in [6.45, 7) is 4.42. The molecule has 1 aliphatic rings. The van der Waals surface area contributed by atoms with Gasteiger partial charge in [-0.15, -0.1) is 0 Å². The Labute approximate surface area is 127 Å².